The molecule has 0 aliphatic heterocycles. The molecule has 1 unspecified atom stereocenters. The Balaban J connectivity index is 1.99. The Morgan fingerprint density at radius 3 is 3.00 bits per heavy atom. The number of aliphatic hydroxyl groups excluding tert-OH is 2. The van der Waals surface area contributed by atoms with E-state index in [2.05, 4.69) is 4.98 Å². The number of nitrogens with zero attached hydrogens (tertiary/aromatic N) is 2. The molecule has 0 saturated heterocycles. The third kappa shape index (κ3) is 3.35. The van der Waals surface area contributed by atoms with Crippen molar-refractivity contribution in [2.45, 2.75) is 11.9 Å². The minimum Gasteiger partial charge on any atom is -0.394 e. The predicted molar refractivity (Wildman–Crippen MR) is 69.5 cm³/mol. The van der Waals surface area contributed by atoms with Crippen LogP contribution in [0.1, 0.15) is 5.69 Å². The maximum absolute atomic E-state index is 9.20. The van der Waals surface area contributed by atoms with Crippen molar-refractivity contribution in [2.75, 3.05) is 12.4 Å². The molecule has 4 nitrogen and oxygen atoms in total. The number of halogens is 1. The van der Waals surface area contributed by atoms with Crippen LogP contribution in [0.4, 0.5) is 0 Å². The number of aliphatic hydroxyl groups is 2. The molecule has 0 fully saturated rings. The van der Waals surface area contributed by atoms with Gasteiger partial charge >= 0.3 is 0 Å². The highest BCUT2D eigenvalue weighted by Crippen LogP contribution is 2.16. The summed E-state index contributed by atoms with van der Waals surface area (Å²) >= 11 is 7.42. The molecule has 0 amide bonds. The molecule has 0 saturated carbocycles. The Kier molecular flexibility index (Phi) is 4.28. The van der Waals surface area contributed by atoms with Crippen molar-refractivity contribution >= 4 is 29.0 Å². The first-order valence-corrected chi connectivity index (χ1v) is 6.72. The zero-order valence-corrected chi connectivity index (χ0v) is 10.7. The van der Waals surface area contributed by atoms with Crippen molar-refractivity contribution in [3.63, 3.8) is 0 Å². The third-order valence-corrected chi connectivity index (χ3v) is 3.58. The first kappa shape index (κ1) is 12.7. The van der Waals surface area contributed by atoms with Crippen LogP contribution in [0.15, 0.2) is 24.5 Å². The molecule has 2 N–H and O–H groups in total. The van der Waals surface area contributed by atoms with E-state index in [0.29, 0.717) is 16.5 Å². The van der Waals surface area contributed by atoms with Crippen LogP contribution in [0.3, 0.4) is 0 Å². The standard InChI is InChI=1S/C11H13ClN2O2S/c12-8-1-2-11-13-9(4-14(11)3-8)6-17-7-10(16)5-15/h1-4,10,15-16H,5-7H2. The molecule has 6 heteroatoms. The number of hydrogen-bond acceptors (Lipinski definition) is 4. The summed E-state index contributed by atoms with van der Waals surface area (Å²) in [4.78, 5) is 4.42. The van der Waals surface area contributed by atoms with Crippen LogP contribution in [-0.4, -0.2) is 38.1 Å². The number of imidazole rings is 1. The molecule has 0 bridgehead atoms. The SMILES string of the molecule is OCC(O)CSCc1cn2cc(Cl)ccc2n1. The number of rotatable bonds is 5. The van der Waals surface area contributed by atoms with Gasteiger partial charge in [0.2, 0.25) is 0 Å². The molecule has 2 rings (SSSR count). The van der Waals surface area contributed by atoms with Gasteiger partial charge in [0, 0.05) is 23.9 Å². The molecule has 0 aliphatic rings. The number of pyridine rings is 1. The van der Waals surface area contributed by atoms with E-state index >= 15 is 0 Å². The van der Waals surface area contributed by atoms with E-state index in [0.717, 1.165) is 11.3 Å². The van der Waals surface area contributed by atoms with Gasteiger partial charge < -0.3 is 14.6 Å². The van der Waals surface area contributed by atoms with Crippen molar-refractivity contribution in [3.05, 3.63) is 35.2 Å². The summed E-state index contributed by atoms with van der Waals surface area (Å²) in [6.07, 6.45) is 3.06. The van der Waals surface area contributed by atoms with Crippen LogP contribution in [-0.2, 0) is 5.75 Å². The van der Waals surface area contributed by atoms with Gasteiger partial charge in [-0.05, 0) is 12.1 Å². The highest BCUT2D eigenvalue weighted by molar-refractivity contribution is 7.98. The first-order chi connectivity index (χ1) is 8.19. The van der Waals surface area contributed by atoms with Crippen molar-refractivity contribution < 1.29 is 10.2 Å². The topological polar surface area (TPSA) is 57.8 Å². The van der Waals surface area contributed by atoms with Gasteiger partial charge in [-0.2, -0.15) is 11.8 Å². The van der Waals surface area contributed by atoms with Crippen LogP contribution >= 0.6 is 23.4 Å². The Morgan fingerprint density at radius 2 is 2.24 bits per heavy atom. The molecule has 17 heavy (non-hydrogen) atoms. The molecular formula is C11H13ClN2O2S. The van der Waals surface area contributed by atoms with Crippen molar-refractivity contribution in [1.29, 1.82) is 0 Å². The zero-order chi connectivity index (χ0) is 12.3. The zero-order valence-electron chi connectivity index (χ0n) is 9.08. The minimum absolute atomic E-state index is 0.201. The van der Waals surface area contributed by atoms with Crippen molar-refractivity contribution in [2.24, 2.45) is 0 Å². The van der Waals surface area contributed by atoms with E-state index in [1.165, 1.54) is 11.8 Å². The molecule has 2 heterocycles. The lowest BCUT2D eigenvalue weighted by molar-refractivity contribution is 0.113. The summed E-state index contributed by atoms with van der Waals surface area (Å²) in [5, 5.41) is 18.5. The third-order valence-electron chi connectivity index (χ3n) is 2.24. The maximum atomic E-state index is 9.20. The number of thioether (sulfide) groups is 1. The second-order valence-corrected chi connectivity index (χ2v) is 5.16. The van der Waals surface area contributed by atoms with Gasteiger partial charge in [0.1, 0.15) is 5.65 Å². The van der Waals surface area contributed by atoms with Gasteiger partial charge in [-0.15, -0.1) is 0 Å². The van der Waals surface area contributed by atoms with Gasteiger partial charge in [-0.1, -0.05) is 11.6 Å². The van der Waals surface area contributed by atoms with E-state index in [-0.39, 0.29) is 6.61 Å². The van der Waals surface area contributed by atoms with Crippen molar-refractivity contribution in [3.8, 4) is 0 Å². The monoisotopic (exact) mass is 272 g/mol. The summed E-state index contributed by atoms with van der Waals surface area (Å²) in [6.45, 7) is -0.201. The Labute approximate surface area is 108 Å². The molecule has 0 aromatic carbocycles. The summed E-state index contributed by atoms with van der Waals surface area (Å²) in [5.41, 5.74) is 1.79. The second kappa shape index (κ2) is 5.73. The van der Waals surface area contributed by atoms with E-state index in [1.807, 2.05) is 16.7 Å². The summed E-state index contributed by atoms with van der Waals surface area (Å²) in [7, 11) is 0. The first-order valence-electron chi connectivity index (χ1n) is 5.19. The van der Waals surface area contributed by atoms with Crippen LogP contribution in [0, 0.1) is 0 Å². The number of aromatic nitrogens is 2. The van der Waals surface area contributed by atoms with Gasteiger partial charge in [0.05, 0.1) is 23.4 Å². The quantitative estimate of drug-likeness (QED) is 0.868. The normalized spacial score (nSPS) is 13.1. The lowest BCUT2D eigenvalue weighted by atomic mass is 10.4. The molecule has 0 radical (unpaired) electrons. The van der Waals surface area contributed by atoms with Crippen LogP contribution in [0.2, 0.25) is 5.02 Å². The van der Waals surface area contributed by atoms with Crippen LogP contribution in [0.25, 0.3) is 5.65 Å². The molecule has 2 aromatic heterocycles. The smallest absolute Gasteiger partial charge is 0.137 e. The number of hydrogen-bond donors (Lipinski definition) is 2. The predicted octanol–water partition coefficient (Wildman–Crippen LogP) is 1.57. The molecule has 1 atom stereocenters. The minimum atomic E-state index is -0.661. The lowest BCUT2D eigenvalue weighted by Crippen LogP contribution is -2.14. The molecule has 0 aliphatic carbocycles. The summed E-state index contributed by atoms with van der Waals surface area (Å²) in [6, 6.07) is 3.66. The molecular weight excluding hydrogens is 260 g/mol. The van der Waals surface area contributed by atoms with E-state index in [9.17, 15) is 5.11 Å². The maximum Gasteiger partial charge on any atom is 0.137 e. The average Bonchev–Trinajstić information content (AvgIpc) is 2.70. The van der Waals surface area contributed by atoms with Crippen LogP contribution < -0.4 is 0 Å². The Morgan fingerprint density at radius 1 is 1.41 bits per heavy atom. The van der Waals surface area contributed by atoms with E-state index < -0.39 is 6.10 Å². The van der Waals surface area contributed by atoms with Gasteiger partial charge in [0.15, 0.2) is 0 Å². The Bertz CT molecular complexity index is 503. The summed E-state index contributed by atoms with van der Waals surface area (Å²) < 4.78 is 1.88. The van der Waals surface area contributed by atoms with Gasteiger partial charge in [-0.25, -0.2) is 4.98 Å². The summed E-state index contributed by atoms with van der Waals surface area (Å²) in [5.74, 6) is 1.21. The number of fused-ring (bicyclic) bond motifs is 1. The second-order valence-electron chi connectivity index (χ2n) is 3.70. The van der Waals surface area contributed by atoms with Gasteiger partial charge in [0.25, 0.3) is 0 Å². The average molecular weight is 273 g/mol. The lowest BCUT2D eigenvalue weighted by Gasteiger charge is -2.04. The fourth-order valence-corrected chi connectivity index (χ4v) is 2.45. The molecule has 92 valence electrons. The van der Waals surface area contributed by atoms with Gasteiger partial charge in [-0.3, -0.25) is 0 Å². The van der Waals surface area contributed by atoms with E-state index in [4.69, 9.17) is 16.7 Å². The molecule has 0 spiro atoms. The highest BCUT2D eigenvalue weighted by atomic mass is 35.5. The molecule has 2 aromatic rings. The van der Waals surface area contributed by atoms with Crippen LogP contribution in [0.5, 0.6) is 0 Å². The largest absolute Gasteiger partial charge is 0.394 e. The van der Waals surface area contributed by atoms with E-state index in [1.54, 1.807) is 12.3 Å². The highest BCUT2D eigenvalue weighted by Gasteiger charge is 2.05. The fourth-order valence-electron chi connectivity index (χ4n) is 1.44. The Hall–Kier alpha value is -0.750. The fraction of sp³-hybridized carbons (Fsp3) is 0.364. The van der Waals surface area contributed by atoms with Crippen molar-refractivity contribution in [1.82, 2.24) is 9.38 Å².